The third-order valence-electron chi connectivity index (χ3n) is 3.46. The summed E-state index contributed by atoms with van der Waals surface area (Å²) in [7, 11) is 0. The van der Waals surface area contributed by atoms with Crippen molar-refractivity contribution >= 4 is 11.8 Å². The summed E-state index contributed by atoms with van der Waals surface area (Å²) in [5.74, 6) is -0.531. The van der Waals surface area contributed by atoms with E-state index >= 15 is 0 Å². The maximum atomic E-state index is 10.7. The highest BCUT2D eigenvalue weighted by Crippen LogP contribution is 2.06. The molecule has 0 spiro atoms. The lowest BCUT2D eigenvalue weighted by atomic mass is 10.2. The number of nitrogens with zero attached hydrogens (tertiary/aromatic N) is 4. The molecule has 7 nitrogen and oxygen atoms in total. The molecule has 0 saturated heterocycles. The van der Waals surface area contributed by atoms with Gasteiger partial charge in [0.25, 0.3) is 0 Å². The first-order chi connectivity index (χ1) is 11.7. The highest BCUT2D eigenvalue weighted by Gasteiger charge is 2.05. The molecular weight excluding hydrogens is 306 g/mol. The summed E-state index contributed by atoms with van der Waals surface area (Å²) in [5.41, 5.74) is 2.26. The van der Waals surface area contributed by atoms with Crippen LogP contribution in [0.4, 0.5) is 5.82 Å². The molecule has 0 fully saturated rings. The van der Waals surface area contributed by atoms with Gasteiger partial charge in [0.2, 0.25) is 0 Å². The molecule has 0 aliphatic heterocycles. The molecule has 2 N–H and O–H groups in total. The van der Waals surface area contributed by atoms with Crippen molar-refractivity contribution in [3.05, 3.63) is 71.9 Å². The zero-order valence-electron chi connectivity index (χ0n) is 13.0. The van der Waals surface area contributed by atoms with Crippen LogP contribution in [0.1, 0.15) is 21.6 Å². The normalized spacial score (nSPS) is 10.5. The van der Waals surface area contributed by atoms with E-state index in [0.29, 0.717) is 12.4 Å². The first-order valence-electron chi connectivity index (χ1n) is 7.55. The zero-order chi connectivity index (χ0) is 16.8. The van der Waals surface area contributed by atoms with Crippen molar-refractivity contribution in [2.45, 2.75) is 13.0 Å². The van der Waals surface area contributed by atoms with Gasteiger partial charge in [-0.05, 0) is 17.5 Å². The Labute approximate surface area is 139 Å². The van der Waals surface area contributed by atoms with E-state index in [4.69, 9.17) is 5.11 Å². The van der Waals surface area contributed by atoms with Gasteiger partial charge < -0.3 is 10.4 Å². The van der Waals surface area contributed by atoms with Gasteiger partial charge in [-0.1, -0.05) is 30.3 Å². The second kappa shape index (κ2) is 7.36. The van der Waals surface area contributed by atoms with Gasteiger partial charge in [0.15, 0.2) is 5.69 Å². The van der Waals surface area contributed by atoms with E-state index in [1.165, 1.54) is 18.0 Å². The lowest BCUT2D eigenvalue weighted by Gasteiger charge is -2.04. The van der Waals surface area contributed by atoms with E-state index < -0.39 is 5.97 Å². The monoisotopic (exact) mass is 323 g/mol. The van der Waals surface area contributed by atoms with Crippen LogP contribution in [0.2, 0.25) is 0 Å². The highest BCUT2D eigenvalue weighted by molar-refractivity contribution is 5.84. The van der Waals surface area contributed by atoms with Crippen molar-refractivity contribution in [3.63, 3.8) is 0 Å². The molecule has 2 aromatic heterocycles. The molecule has 0 aliphatic rings. The number of anilines is 1. The summed E-state index contributed by atoms with van der Waals surface area (Å²) in [6, 6.07) is 10.2. The second-order valence-electron chi connectivity index (χ2n) is 5.30. The Bertz CT molecular complexity index is 799. The van der Waals surface area contributed by atoms with Gasteiger partial charge in [-0.15, -0.1) is 0 Å². The molecule has 3 rings (SSSR count). The number of aromatic nitrogens is 4. The van der Waals surface area contributed by atoms with E-state index in [2.05, 4.69) is 32.5 Å². The number of hydrogen-bond acceptors (Lipinski definition) is 5. The molecule has 3 aromatic rings. The third kappa shape index (κ3) is 4.16. The van der Waals surface area contributed by atoms with Crippen LogP contribution in [0.3, 0.4) is 0 Å². The molecule has 7 heteroatoms. The SMILES string of the molecule is O=C(O)c1cnc(NCCc2cnn(Cc3ccccc3)c2)cn1. The van der Waals surface area contributed by atoms with Crippen molar-refractivity contribution in [2.75, 3.05) is 11.9 Å². The molecule has 24 heavy (non-hydrogen) atoms. The summed E-state index contributed by atoms with van der Waals surface area (Å²) in [6.07, 6.45) is 7.32. The quantitative estimate of drug-likeness (QED) is 0.691. The second-order valence-corrected chi connectivity index (χ2v) is 5.30. The number of carboxylic acids is 1. The van der Waals surface area contributed by atoms with Gasteiger partial charge in [-0.3, -0.25) is 4.68 Å². The van der Waals surface area contributed by atoms with Crippen LogP contribution < -0.4 is 5.32 Å². The topological polar surface area (TPSA) is 92.9 Å². The highest BCUT2D eigenvalue weighted by atomic mass is 16.4. The average Bonchev–Trinajstić information content (AvgIpc) is 3.03. The Morgan fingerprint density at radius 3 is 2.62 bits per heavy atom. The Morgan fingerprint density at radius 1 is 1.08 bits per heavy atom. The molecule has 0 radical (unpaired) electrons. The van der Waals surface area contributed by atoms with Gasteiger partial charge >= 0.3 is 5.97 Å². The van der Waals surface area contributed by atoms with Crippen molar-refractivity contribution in [1.29, 1.82) is 0 Å². The first kappa shape index (κ1) is 15.7. The maximum absolute atomic E-state index is 10.7. The average molecular weight is 323 g/mol. The predicted octanol–water partition coefficient (Wildman–Crippen LogP) is 2.07. The standard InChI is InChI=1S/C17H17N5O2/c23-17(24)15-9-20-16(10-19-15)18-7-6-14-8-21-22(12-14)11-13-4-2-1-3-5-13/h1-5,8-10,12H,6-7,11H2,(H,18,20)(H,23,24). The number of carbonyl (C=O) groups is 1. The van der Waals surface area contributed by atoms with Gasteiger partial charge in [0.05, 0.1) is 25.1 Å². The minimum Gasteiger partial charge on any atom is -0.476 e. The van der Waals surface area contributed by atoms with E-state index in [1.807, 2.05) is 35.3 Å². The van der Waals surface area contributed by atoms with E-state index in [9.17, 15) is 4.79 Å². The minimum absolute atomic E-state index is 0.0669. The van der Waals surface area contributed by atoms with Gasteiger partial charge in [0, 0.05) is 12.7 Å². The molecule has 122 valence electrons. The Hall–Kier alpha value is -3.22. The number of rotatable bonds is 7. The lowest BCUT2D eigenvalue weighted by molar-refractivity contribution is 0.0690. The Morgan fingerprint density at radius 2 is 1.92 bits per heavy atom. The third-order valence-corrected chi connectivity index (χ3v) is 3.46. The molecule has 0 saturated carbocycles. The van der Waals surface area contributed by atoms with Crippen molar-refractivity contribution in [3.8, 4) is 0 Å². The molecule has 0 amide bonds. The predicted molar refractivity (Wildman–Crippen MR) is 89.0 cm³/mol. The maximum Gasteiger partial charge on any atom is 0.356 e. The smallest absolute Gasteiger partial charge is 0.356 e. The van der Waals surface area contributed by atoms with Gasteiger partial charge in [0.1, 0.15) is 5.82 Å². The van der Waals surface area contributed by atoms with Crippen LogP contribution in [0.15, 0.2) is 55.1 Å². The van der Waals surface area contributed by atoms with Crippen LogP contribution >= 0.6 is 0 Å². The van der Waals surface area contributed by atoms with Crippen molar-refractivity contribution in [1.82, 2.24) is 19.7 Å². The zero-order valence-corrected chi connectivity index (χ0v) is 13.0. The summed E-state index contributed by atoms with van der Waals surface area (Å²) in [5, 5.41) is 16.3. The minimum atomic E-state index is -1.08. The molecule has 0 aliphatic carbocycles. The van der Waals surface area contributed by atoms with Gasteiger partial charge in [-0.2, -0.15) is 5.10 Å². The van der Waals surface area contributed by atoms with E-state index in [-0.39, 0.29) is 5.69 Å². The fraction of sp³-hybridized carbons (Fsp3) is 0.176. The number of benzene rings is 1. The van der Waals surface area contributed by atoms with Crippen LogP contribution in [-0.4, -0.2) is 37.4 Å². The summed E-state index contributed by atoms with van der Waals surface area (Å²) < 4.78 is 1.91. The van der Waals surface area contributed by atoms with Gasteiger partial charge in [-0.25, -0.2) is 14.8 Å². The van der Waals surface area contributed by atoms with Crippen molar-refractivity contribution in [2.24, 2.45) is 0 Å². The fourth-order valence-corrected chi connectivity index (χ4v) is 2.26. The molecular formula is C17H17N5O2. The fourth-order valence-electron chi connectivity index (χ4n) is 2.26. The molecule has 0 atom stereocenters. The molecule has 0 unspecified atom stereocenters. The molecule has 2 heterocycles. The summed E-state index contributed by atoms with van der Waals surface area (Å²) in [6.45, 7) is 1.41. The Kier molecular flexibility index (Phi) is 4.81. The van der Waals surface area contributed by atoms with E-state index in [1.54, 1.807) is 0 Å². The summed E-state index contributed by atoms with van der Waals surface area (Å²) in [4.78, 5) is 18.5. The first-order valence-corrected chi connectivity index (χ1v) is 7.55. The summed E-state index contributed by atoms with van der Waals surface area (Å²) >= 11 is 0. The largest absolute Gasteiger partial charge is 0.476 e. The van der Waals surface area contributed by atoms with Crippen LogP contribution in [0.25, 0.3) is 0 Å². The van der Waals surface area contributed by atoms with Crippen LogP contribution in [0.5, 0.6) is 0 Å². The Balaban J connectivity index is 1.49. The molecule has 0 bridgehead atoms. The number of aromatic carboxylic acids is 1. The lowest BCUT2D eigenvalue weighted by Crippen LogP contribution is -2.08. The van der Waals surface area contributed by atoms with E-state index in [0.717, 1.165) is 18.5 Å². The number of hydrogen-bond donors (Lipinski definition) is 2. The van der Waals surface area contributed by atoms with Crippen LogP contribution in [0, 0.1) is 0 Å². The van der Waals surface area contributed by atoms with Crippen molar-refractivity contribution < 1.29 is 9.90 Å². The number of nitrogens with one attached hydrogen (secondary N) is 1. The number of carboxylic acid groups (broad SMARTS) is 1. The molecule has 1 aromatic carbocycles. The van der Waals surface area contributed by atoms with Crippen LogP contribution in [-0.2, 0) is 13.0 Å².